The molecule has 16 heavy (non-hydrogen) atoms. The highest BCUT2D eigenvalue weighted by molar-refractivity contribution is 5.99. The highest BCUT2D eigenvalue weighted by Gasteiger charge is 2.25. The number of rotatable bonds is 2. The Morgan fingerprint density at radius 2 is 1.81 bits per heavy atom. The number of fused-ring (bicyclic) bond motifs is 1. The molecule has 0 saturated heterocycles. The molecule has 1 heterocycles. The van der Waals surface area contributed by atoms with Gasteiger partial charge in [0.05, 0.1) is 21.5 Å². The zero-order valence-electron chi connectivity index (χ0n) is 7.75. The molecule has 0 amide bonds. The summed E-state index contributed by atoms with van der Waals surface area (Å²) in [6, 6.07) is 2.14. The Balaban J connectivity index is 2.90. The lowest BCUT2D eigenvalue weighted by Gasteiger charge is -1.99. The fraction of sp³-hybridized carbons (Fsp3) is 0. The number of hydrogen-bond donors (Lipinski definition) is 1. The van der Waals surface area contributed by atoms with E-state index in [-0.39, 0.29) is 16.7 Å². The second kappa shape index (κ2) is 3.19. The van der Waals surface area contributed by atoms with Crippen LogP contribution in [0.1, 0.15) is 0 Å². The van der Waals surface area contributed by atoms with Crippen molar-refractivity contribution in [3.8, 4) is 0 Å². The third-order valence-corrected chi connectivity index (χ3v) is 2.13. The Hall–Kier alpha value is -2.64. The minimum Gasteiger partial charge on any atom is -0.457 e. The molecule has 8 nitrogen and oxygen atoms in total. The van der Waals surface area contributed by atoms with E-state index in [9.17, 15) is 20.2 Å². The van der Waals surface area contributed by atoms with Crippen LogP contribution in [0.5, 0.6) is 0 Å². The Morgan fingerprint density at radius 1 is 1.19 bits per heavy atom. The van der Waals surface area contributed by atoms with Gasteiger partial charge in [0.2, 0.25) is 5.58 Å². The zero-order chi connectivity index (χ0) is 11.9. The van der Waals surface area contributed by atoms with E-state index in [4.69, 9.17) is 10.2 Å². The first-order chi connectivity index (χ1) is 7.52. The van der Waals surface area contributed by atoms with Gasteiger partial charge in [-0.05, 0) is 6.07 Å². The molecule has 0 unspecified atom stereocenters. The molecule has 0 aliphatic carbocycles. The molecule has 1 aromatic heterocycles. The van der Waals surface area contributed by atoms with Crippen LogP contribution in [0.25, 0.3) is 11.0 Å². The van der Waals surface area contributed by atoms with E-state index in [0.29, 0.717) is 0 Å². The average Bonchev–Trinajstić information content (AvgIpc) is 2.66. The second-order valence-electron chi connectivity index (χ2n) is 3.01. The number of nitrogen functional groups attached to an aromatic ring is 1. The van der Waals surface area contributed by atoms with E-state index in [1.54, 1.807) is 0 Å². The summed E-state index contributed by atoms with van der Waals surface area (Å²) in [6.07, 6.45) is 1.19. The maximum Gasteiger partial charge on any atom is 0.319 e. The first kappa shape index (κ1) is 9.90. The standard InChI is InChI=1S/C8H5N3O5/c9-7-4-1-2-16-8(4)6(11(14)15)3-5(7)10(12)13/h1-3H,9H2. The van der Waals surface area contributed by atoms with Crippen molar-refractivity contribution in [3.05, 3.63) is 38.6 Å². The molecular formula is C8H5N3O5. The molecule has 0 saturated carbocycles. The Bertz CT molecular complexity index is 603. The fourth-order valence-electron chi connectivity index (χ4n) is 1.42. The van der Waals surface area contributed by atoms with Crippen LogP contribution in [0.4, 0.5) is 17.1 Å². The van der Waals surface area contributed by atoms with Crippen molar-refractivity contribution in [2.45, 2.75) is 0 Å². The lowest BCUT2D eigenvalue weighted by Crippen LogP contribution is -1.98. The van der Waals surface area contributed by atoms with Crippen molar-refractivity contribution in [2.75, 3.05) is 5.73 Å². The quantitative estimate of drug-likeness (QED) is 0.470. The number of furan rings is 1. The van der Waals surface area contributed by atoms with Crippen molar-refractivity contribution in [2.24, 2.45) is 0 Å². The zero-order valence-corrected chi connectivity index (χ0v) is 7.75. The molecule has 2 aromatic rings. The Morgan fingerprint density at radius 3 is 2.38 bits per heavy atom. The highest BCUT2D eigenvalue weighted by atomic mass is 16.6. The maximum absolute atomic E-state index is 10.7. The van der Waals surface area contributed by atoms with Gasteiger partial charge in [-0.3, -0.25) is 20.2 Å². The minimum atomic E-state index is -0.769. The molecule has 1 aromatic carbocycles. The summed E-state index contributed by atoms with van der Waals surface area (Å²) in [4.78, 5) is 19.8. The maximum atomic E-state index is 10.7. The van der Waals surface area contributed by atoms with Gasteiger partial charge in [0, 0.05) is 0 Å². The van der Waals surface area contributed by atoms with Crippen molar-refractivity contribution >= 4 is 28.0 Å². The topological polar surface area (TPSA) is 125 Å². The molecular weight excluding hydrogens is 218 g/mol. The monoisotopic (exact) mass is 223 g/mol. The van der Waals surface area contributed by atoms with Crippen LogP contribution < -0.4 is 5.73 Å². The molecule has 0 atom stereocenters. The summed E-state index contributed by atoms with van der Waals surface area (Å²) in [7, 11) is 0. The van der Waals surface area contributed by atoms with Gasteiger partial charge in [-0.2, -0.15) is 0 Å². The van der Waals surface area contributed by atoms with E-state index in [2.05, 4.69) is 0 Å². The molecule has 2 rings (SSSR count). The summed E-state index contributed by atoms with van der Waals surface area (Å²) in [5.74, 6) is 0. The molecule has 0 fully saturated rings. The number of nitro benzene ring substituents is 2. The first-order valence-electron chi connectivity index (χ1n) is 4.11. The summed E-state index contributed by atoms with van der Waals surface area (Å²) in [5.41, 5.74) is 4.34. The van der Waals surface area contributed by atoms with Crippen molar-refractivity contribution < 1.29 is 14.3 Å². The molecule has 82 valence electrons. The molecule has 0 spiro atoms. The third-order valence-electron chi connectivity index (χ3n) is 2.13. The van der Waals surface area contributed by atoms with Gasteiger partial charge in [0.15, 0.2) is 0 Å². The predicted octanol–water partition coefficient (Wildman–Crippen LogP) is 1.83. The van der Waals surface area contributed by atoms with Crippen LogP contribution in [0.3, 0.4) is 0 Å². The number of anilines is 1. The Kier molecular flexibility index (Phi) is 1.97. The number of hydrogen-bond acceptors (Lipinski definition) is 6. The largest absolute Gasteiger partial charge is 0.457 e. The van der Waals surface area contributed by atoms with Crippen molar-refractivity contribution in [1.29, 1.82) is 0 Å². The van der Waals surface area contributed by atoms with Gasteiger partial charge in [0.25, 0.3) is 5.69 Å². The molecule has 2 N–H and O–H groups in total. The van der Waals surface area contributed by atoms with E-state index in [1.165, 1.54) is 12.3 Å². The van der Waals surface area contributed by atoms with E-state index in [1.807, 2.05) is 0 Å². The number of non-ortho nitro benzene ring substituents is 1. The minimum absolute atomic E-state index is 0.0619. The molecule has 0 bridgehead atoms. The van der Waals surface area contributed by atoms with Crippen LogP contribution >= 0.6 is 0 Å². The van der Waals surface area contributed by atoms with Crippen molar-refractivity contribution in [1.82, 2.24) is 0 Å². The molecule has 8 heteroatoms. The average molecular weight is 223 g/mol. The summed E-state index contributed by atoms with van der Waals surface area (Å²) >= 11 is 0. The Labute approximate surface area is 87.6 Å². The van der Waals surface area contributed by atoms with Gasteiger partial charge in [-0.15, -0.1) is 0 Å². The summed E-state index contributed by atoms with van der Waals surface area (Å²) in [5, 5.41) is 21.5. The number of nitrogens with zero attached hydrogens (tertiary/aromatic N) is 2. The lowest BCUT2D eigenvalue weighted by molar-refractivity contribution is -0.392. The van der Waals surface area contributed by atoms with Gasteiger partial charge >= 0.3 is 5.69 Å². The van der Waals surface area contributed by atoms with Gasteiger partial charge in [-0.1, -0.05) is 0 Å². The molecule has 0 aliphatic heterocycles. The molecule has 0 aliphatic rings. The van der Waals surface area contributed by atoms with E-state index < -0.39 is 21.2 Å². The highest BCUT2D eigenvalue weighted by Crippen LogP contribution is 2.37. The van der Waals surface area contributed by atoms with Crippen LogP contribution in [-0.2, 0) is 0 Å². The SMILES string of the molecule is Nc1c([N+](=O)[O-])cc([N+](=O)[O-])c2occc12. The van der Waals surface area contributed by atoms with E-state index in [0.717, 1.165) is 6.07 Å². The predicted molar refractivity (Wildman–Crippen MR) is 53.9 cm³/mol. The van der Waals surface area contributed by atoms with Crippen molar-refractivity contribution in [3.63, 3.8) is 0 Å². The summed E-state index contributed by atoms with van der Waals surface area (Å²) in [6.45, 7) is 0. The number of benzene rings is 1. The summed E-state index contributed by atoms with van der Waals surface area (Å²) < 4.78 is 4.88. The van der Waals surface area contributed by atoms with Crippen LogP contribution in [-0.4, -0.2) is 9.85 Å². The van der Waals surface area contributed by atoms with E-state index >= 15 is 0 Å². The number of nitrogens with two attached hydrogens (primary N) is 1. The molecule has 0 radical (unpaired) electrons. The lowest BCUT2D eigenvalue weighted by atomic mass is 10.1. The van der Waals surface area contributed by atoms with Crippen LogP contribution in [0.2, 0.25) is 0 Å². The smallest absolute Gasteiger partial charge is 0.319 e. The number of nitro groups is 2. The fourth-order valence-corrected chi connectivity index (χ4v) is 1.42. The van der Waals surface area contributed by atoms with Gasteiger partial charge in [-0.25, -0.2) is 0 Å². The first-order valence-corrected chi connectivity index (χ1v) is 4.11. The van der Waals surface area contributed by atoms with Gasteiger partial charge in [0.1, 0.15) is 11.8 Å². The van der Waals surface area contributed by atoms with Crippen LogP contribution in [0.15, 0.2) is 22.8 Å². The third kappa shape index (κ3) is 1.24. The van der Waals surface area contributed by atoms with Gasteiger partial charge < -0.3 is 10.2 Å². The second-order valence-corrected chi connectivity index (χ2v) is 3.01. The normalized spacial score (nSPS) is 10.5. The van der Waals surface area contributed by atoms with Crippen LogP contribution in [0, 0.1) is 20.2 Å².